The molecule has 0 radical (unpaired) electrons. The standard InChI is InChI=1S/C20H25N5O4/c1-12-13(2)21-17-10-16(22-25(17)20(12)27)14-5-4-8-24(11-14)19(26)7-6-15-9-18(28-3)23-29-15/h9-10,14,22H,4-8,11H2,1-3H3/t14-/m0/s1. The maximum absolute atomic E-state index is 12.7. The molecule has 9 heteroatoms. The molecular formula is C20H25N5O4. The first-order valence-corrected chi connectivity index (χ1v) is 9.82. The average Bonchev–Trinajstić information content (AvgIpc) is 3.37. The van der Waals surface area contributed by atoms with Gasteiger partial charge in [0, 0.05) is 60.9 Å². The Bertz CT molecular complexity index is 1100. The SMILES string of the molecule is COc1cc(CCC(=O)N2CCC[C@H](c3cc4nc(C)c(C)c(=O)n4[nH]3)C2)on1. The van der Waals surface area contributed by atoms with Crippen LogP contribution in [0.25, 0.3) is 5.65 Å². The van der Waals surface area contributed by atoms with Crippen molar-refractivity contribution in [2.75, 3.05) is 20.2 Å². The molecule has 29 heavy (non-hydrogen) atoms. The zero-order valence-electron chi connectivity index (χ0n) is 16.9. The number of nitrogens with one attached hydrogen (secondary N) is 1. The predicted octanol–water partition coefficient (Wildman–Crippen LogP) is 1.97. The average molecular weight is 399 g/mol. The van der Waals surface area contributed by atoms with Crippen LogP contribution in [-0.2, 0) is 11.2 Å². The summed E-state index contributed by atoms with van der Waals surface area (Å²) in [7, 11) is 1.52. The van der Waals surface area contributed by atoms with Gasteiger partial charge in [-0.05, 0) is 31.8 Å². The van der Waals surface area contributed by atoms with E-state index in [2.05, 4.69) is 15.2 Å². The van der Waals surface area contributed by atoms with Crippen LogP contribution in [0, 0.1) is 13.8 Å². The number of carbonyl (C=O) groups is 1. The molecule has 0 bridgehead atoms. The lowest BCUT2D eigenvalue weighted by atomic mass is 9.94. The molecule has 4 heterocycles. The van der Waals surface area contributed by atoms with Gasteiger partial charge in [-0.1, -0.05) is 0 Å². The number of aromatic nitrogens is 4. The lowest BCUT2D eigenvalue weighted by Crippen LogP contribution is -2.39. The molecule has 1 aliphatic rings. The number of fused-ring (bicyclic) bond motifs is 1. The van der Waals surface area contributed by atoms with Gasteiger partial charge in [0.15, 0.2) is 5.65 Å². The summed E-state index contributed by atoms with van der Waals surface area (Å²) in [6.07, 6.45) is 2.72. The Morgan fingerprint density at radius 3 is 2.97 bits per heavy atom. The van der Waals surface area contributed by atoms with E-state index in [4.69, 9.17) is 9.26 Å². The smallest absolute Gasteiger partial charge is 0.275 e. The minimum Gasteiger partial charge on any atom is -0.479 e. The van der Waals surface area contributed by atoms with Crippen LogP contribution < -0.4 is 10.3 Å². The summed E-state index contributed by atoms with van der Waals surface area (Å²) in [5.74, 6) is 1.29. The minimum absolute atomic E-state index is 0.0787. The third-order valence-corrected chi connectivity index (χ3v) is 5.65. The summed E-state index contributed by atoms with van der Waals surface area (Å²) in [6.45, 7) is 4.99. The Morgan fingerprint density at radius 2 is 2.21 bits per heavy atom. The first-order valence-electron chi connectivity index (χ1n) is 9.82. The van der Waals surface area contributed by atoms with E-state index in [9.17, 15) is 9.59 Å². The van der Waals surface area contributed by atoms with E-state index in [0.717, 1.165) is 30.8 Å². The van der Waals surface area contributed by atoms with Crippen molar-refractivity contribution in [3.8, 4) is 5.88 Å². The Kier molecular flexibility index (Phi) is 5.12. The van der Waals surface area contributed by atoms with Crippen molar-refractivity contribution in [2.24, 2.45) is 0 Å². The van der Waals surface area contributed by atoms with Gasteiger partial charge in [-0.2, -0.15) is 0 Å². The fourth-order valence-corrected chi connectivity index (χ4v) is 3.80. The van der Waals surface area contributed by atoms with Crippen LogP contribution in [0.4, 0.5) is 0 Å². The highest BCUT2D eigenvalue weighted by atomic mass is 16.5. The number of methoxy groups -OCH3 is 1. The van der Waals surface area contributed by atoms with Crippen molar-refractivity contribution in [1.82, 2.24) is 24.7 Å². The number of carbonyl (C=O) groups excluding carboxylic acids is 1. The molecule has 1 aliphatic heterocycles. The van der Waals surface area contributed by atoms with Gasteiger partial charge in [-0.3, -0.25) is 14.7 Å². The molecule has 1 atom stereocenters. The molecule has 154 valence electrons. The second kappa shape index (κ2) is 7.73. The van der Waals surface area contributed by atoms with E-state index in [1.165, 1.54) is 11.6 Å². The molecule has 4 rings (SSSR count). The predicted molar refractivity (Wildman–Crippen MR) is 105 cm³/mol. The second-order valence-electron chi connectivity index (χ2n) is 7.55. The molecule has 0 saturated carbocycles. The Balaban J connectivity index is 1.45. The molecular weight excluding hydrogens is 374 g/mol. The van der Waals surface area contributed by atoms with E-state index < -0.39 is 0 Å². The molecule has 0 spiro atoms. The lowest BCUT2D eigenvalue weighted by Gasteiger charge is -2.32. The minimum atomic E-state index is -0.0787. The highest BCUT2D eigenvalue weighted by molar-refractivity contribution is 5.76. The number of rotatable bonds is 5. The number of aryl methyl sites for hydroxylation is 2. The number of amides is 1. The number of ether oxygens (including phenoxy) is 1. The third-order valence-electron chi connectivity index (χ3n) is 5.65. The third kappa shape index (κ3) is 3.76. The normalized spacial score (nSPS) is 17.1. The fourth-order valence-electron chi connectivity index (χ4n) is 3.80. The van der Waals surface area contributed by atoms with Crippen molar-refractivity contribution in [3.63, 3.8) is 0 Å². The number of hydrogen-bond acceptors (Lipinski definition) is 6. The van der Waals surface area contributed by atoms with Crippen molar-refractivity contribution in [2.45, 2.75) is 45.4 Å². The van der Waals surface area contributed by atoms with E-state index in [0.29, 0.717) is 42.2 Å². The van der Waals surface area contributed by atoms with Crippen LogP contribution in [0.3, 0.4) is 0 Å². The number of nitrogens with zero attached hydrogens (tertiary/aromatic N) is 4. The summed E-state index contributed by atoms with van der Waals surface area (Å²) in [4.78, 5) is 31.6. The van der Waals surface area contributed by atoms with Crippen molar-refractivity contribution in [1.29, 1.82) is 0 Å². The molecule has 1 N–H and O–H groups in total. The number of aromatic amines is 1. The van der Waals surface area contributed by atoms with Crippen LogP contribution in [0.2, 0.25) is 0 Å². The Hall–Kier alpha value is -3.10. The van der Waals surface area contributed by atoms with Crippen molar-refractivity contribution in [3.05, 3.63) is 45.2 Å². The lowest BCUT2D eigenvalue weighted by molar-refractivity contribution is -0.132. The Morgan fingerprint density at radius 1 is 1.38 bits per heavy atom. The van der Waals surface area contributed by atoms with Crippen LogP contribution in [0.1, 0.15) is 47.9 Å². The summed E-state index contributed by atoms with van der Waals surface area (Å²) in [5.41, 5.74) is 2.86. The first kappa shape index (κ1) is 19.2. The van der Waals surface area contributed by atoms with E-state index in [1.807, 2.05) is 17.9 Å². The quantitative estimate of drug-likeness (QED) is 0.703. The summed E-state index contributed by atoms with van der Waals surface area (Å²) in [6, 6.07) is 3.62. The van der Waals surface area contributed by atoms with Gasteiger partial charge in [0.05, 0.1) is 7.11 Å². The number of likely N-dealkylation sites (tertiary alicyclic amines) is 1. The van der Waals surface area contributed by atoms with Gasteiger partial charge < -0.3 is 14.2 Å². The van der Waals surface area contributed by atoms with E-state index >= 15 is 0 Å². The van der Waals surface area contributed by atoms with Crippen LogP contribution in [-0.4, -0.2) is 50.8 Å². The van der Waals surface area contributed by atoms with Crippen LogP contribution in [0.15, 0.2) is 21.5 Å². The van der Waals surface area contributed by atoms with Gasteiger partial charge >= 0.3 is 0 Å². The highest BCUT2D eigenvalue weighted by Gasteiger charge is 2.26. The summed E-state index contributed by atoms with van der Waals surface area (Å²) in [5, 5.41) is 6.95. The van der Waals surface area contributed by atoms with Crippen LogP contribution >= 0.6 is 0 Å². The maximum atomic E-state index is 12.7. The van der Waals surface area contributed by atoms with E-state index in [-0.39, 0.29) is 17.4 Å². The molecule has 1 saturated heterocycles. The van der Waals surface area contributed by atoms with Gasteiger partial charge in [-0.25, -0.2) is 9.50 Å². The number of hydrogen-bond donors (Lipinski definition) is 1. The fraction of sp³-hybridized carbons (Fsp3) is 0.500. The van der Waals surface area contributed by atoms with Gasteiger partial charge in [0.25, 0.3) is 11.4 Å². The Labute approximate surface area is 167 Å². The molecule has 9 nitrogen and oxygen atoms in total. The first-order chi connectivity index (χ1) is 14.0. The molecule has 1 fully saturated rings. The largest absolute Gasteiger partial charge is 0.479 e. The number of H-pyrrole nitrogens is 1. The summed E-state index contributed by atoms with van der Waals surface area (Å²) >= 11 is 0. The van der Waals surface area contributed by atoms with Crippen molar-refractivity contribution >= 4 is 11.6 Å². The highest BCUT2D eigenvalue weighted by Crippen LogP contribution is 2.27. The topological polar surface area (TPSA) is 106 Å². The van der Waals surface area contributed by atoms with Gasteiger partial charge in [0.1, 0.15) is 5.76 Å². The van der Waals surface area contributed by atoms with E-state index in [1.54, 1.807) is 13.0 Å². The molecule has 1 amide bonds. The molecule has 0 aromatic carbocycles. The molecule has 3 aromatic heterocycles. The summed E-state index contributed by atoms with van der Waals surface area (Å²) < 4.78 is 11.6. The monoisotopic (exact) mass is 399 g/mol. The van der Waals surface area contributed by atoms with Crippen LogP contribution in [0.5, 0.6) is 5.88 Å². The molecule has 0 aliphatic carbocycles. The zero-order chi connectivity index (χ0) is 20.5. The van der Waals surface area contributed by atoms with Gasteiger partial charge in [0.2, 0.25) is 5.91 Å². The molecule has 0 unspecified atom stereocenters. The zero-order valence-corrected chi connectivity index (χ0v) is 16.9. The van der Waals surface area contributed by atoms with Crippen molar-refractivity contribution < 1.29 is 14.1 Å². The second-order valence-corrected chi connectivity index (χ2v) is 7.55. The maximum Gasteiger partial charge on any atom is 0.275 e. The molecule has 3 aromatic rings. The number of piperidine rings is 1. The van der Waals surface area contributed by atoms with Gasteiger partial charge in [-0.15, -0.1) is 0 Å².